The molecule has 0 aromatic heterocycles. The van der Waals surface area contributed by atoms with Crippen molar-refractivity contribution in [3.8, 4) is 0 Å². The maximum absolute atomic E-state index is 12.2. The Morgan fingerprint density at radius 1 is 1.25 bits per heavy atom. The Balaban J connectivity index is 2.83. The minimum Gasteiger partial charge on any atom is -0.305 e. The van der Waals surface area contributed by atoms with Gasteiger partial charge >= 0.3 is 0 Å². The van der Waals surface area contributed by atoms with Crippen molar-refractivity contribution in [1.82, 2.24) is 5.32 Å². The molecule has 1 aromatic rings. The van der Waals surface area contributed by atoms with Crippen LogP contribution in [0, 0.1) is 5.92 Å². The Kier molecular flexibility index (Phi) is 6.22. The Bertz CT molecular complexity index is 487. The first-order valence-corrected chi connectivity index (χ1v) is 6.88. The maximum atomic E-state index is 12.2. The van der Waals surface area contributed by atoms with Crippen LogP contribution in [0.5, 0.6) is 0 Å². The molecule has 108 valence electrons. The quantitative estimate of drug-likeness (QED) is 0.467. The summed E-state index contributed by atoms with van der Waals surface area (Å²) >= 11 is 0. The Hall–Kier alpha value is -1.84. The number of benzene rings is 1. The van der Waals surface area contributed by atoms with E-state index < -0.39 is 0 Å². The molecule has 5 nitrogen and oxygen atoms in total. The summed E-state index contributed by atoms with van der Waals surface area (Å²) in [4.78, 5) is 15.0. The van der Waals surface area contributed by atoms with Gasteiger partial charge in [-0.15, -0.1) is 0 Å². The first-order chi connectivity index (χ1) is 9.43. The zero-order valence-corrected chi connectivity index (χ0v) is 12.5. The lowest BCUT2D eigenvalue weighted by Gasteiger charge is -2.22. The van der Waals surface area contributed by atoms with Crippen LogP contribution in [0.15, 0.2) is 29.4 Å². The second kappa shape index (κ2) is 7.68. The summed E-state index contributed by atoms with van der Waals surface area (Å²) in [6, 6.07) is 7.40. The van der Waals surface area contributed by atoms with Crippen LogP contribution in [0.25, 0.3) is 10.4 Å². The van der Waals surface area contributed by atoms with Crippen LogP contribution < -0.4 is 5.32 Å². The average molecular weight is 274 g/mol. The van der Waals surface area contributed by atoms with Crippen molar-refractivity contribution >= 4 is 11.5 Å². The van der Waals surface area contributed by atoms with E-state index in [1.807, 2.05) is 39.8 Å². The number of Topliss-reactive ketones (excluding diaryl/α,β-unsaturated/α-hetero) is 1. The van der Waals surface area contributed by atoms with E-state index in [9.17, 15) is 4.79 Å². The molecule has 0 aliphatic heterocycles. The molecule has 0 heterocycles. The molecular formula is C15H22N4O. The molecule has 1 N–H and O–H groups in total. The third-order valence-corrected chi connectivity index (χ3v) is 2.98. The van der Waals surface area contributed by atoms with Gasteiger partial charge in [-0.2, -0.15) is 0 Å². The van der Waals surface area contributed by atoms with Crippen LogP contribution in [0.3, 0.4) is 0 Å². The van der Waals surface area contributed by atoms with Gasteiger partial charge < -0.3 is 5.32 Å². The summed E-state index contributed by atoms with van der Waals surface area (Å²) in [5.74, 6) is 0.228. The summed E-state index contributed by atoms with van der Waals surface area (Å²) < 4.78 is 0. The van der Waals surface area contributed by atoms with E-state index in [1.165, 1.54) is 0 Å². The molecule has 0 aliphatic carbocycles. The van der Waals surface area contributed by atoms with Crippen LogP contribution >= 0.6 is 0 Å². The van der Waals surface area contributed by atoms with Gasteiger partial charge in [-0.3, -0.25) is 4.79 Å². The van der Waals surface area contributed by atoms with Gasteiger partial charge in [0.1, 0.15) is 0 Å². The topological polar surface area (TPSA) is 77.9 Å². The monoisotopic (exact) mass is 274 g/mol. The van der Waals surface area contributed by atoms with Crippen LogP contribution in [-0.4, -0.2) is 17.9 Å². The molecule has 1 unspecified atom stereocenters. The molecule has 0 saturated carbocycles. The second-order valence-electron chi connectivity index (χ2n) is 5.49. The number of ketones is 1. The zero-order chi connectivity index (χ0) is 15.1. The fourth-order valence-electron chi connectivity index (χ4n) is 2.03. The molecule has 0 bridgehead atoms. The molecule has 1 rings (SSSR count). The predicted octanol–water partition coefficient (Wildman–Crippen LogP) is 3.76. The summed E-state index contributed by atoms with van der Waals surface area (Å²) in [6.07, 6.45) is 0.645. The van der Waals surface area contributed by atoms with Crippen LogP contribution in [0.4, 0.5) is 5.69 Å². The van der Waals surface area contributed by atoms with Gasteiger partial charge in [-0.05, 0) is 17.5 Å². The molecule has 1 aromatic carbocycles. The zero-order valence-electron chi connectivity index (χ0n) is 12.5. The predicted molar refractivity (Wildman–Crippen MR) is 80.9 cm³/mol. The van der Waals surface area contributed by atoms with Crippen molar-refractivity contribution in [3.63, 3.8) is 0 Å². The molecule has 20 heavy (non-hydrogen) atoms. The van der Waals surface area contributed by atoms with E-state index in [0.29, 0.717) is 12.1 Å². The standard InChI is InChI=1S/C15H22N4O/c1-10(2)15(20)14(17-11(3)4)9-12-5-7-13(8-6-12)18-19-16/h5-8,10-11,14,17H,9H2,1-4H3. The molecule has 0 radical (unpaired) electrons. The highest BCUT2D eigenvalue weighted by Crippen LogP contribution is 2.15. The molecule has 0 aliphatic rings. The summed E-state index contributed by atoms with van der Waals surface area (Å²) in [6.45, 7) is 7.90. The van der Waals surface area contributed by atoms with Gasteiger partial charge in [0.05, 0.1) is 6.04 Å². The highest BCUT2D eigenvalue weighted by molar-refractivity contribution is 5.86. The van der Waals surface area contributed by atoms with Crippen molar-refractivity contribution < 1.29 is 4.79 Å². The van der Waals surface area contributed by atoms with E-state index >= 15 is 0 Å². The minimum atomic E-state index is -0.180. The molecule has 0 saturated heterocycles. The lowest BCUT2D eigenvalue weighted by molar-refractivity contribution is -0.124. The van der Waals surface area contributed by atoms with E-state index in [2.05, 4.69) is 15.3 Å². The Morgan fingerprint density at radius 2 is 1.85 bits per heavy atom. The Labute approximate surface area is 120 Å². The van der Waals surface area contributed by atoms with Gasteiger partial charge in [0.2, 0.25) is 0 Å². The normalized spacial score (nSPS) is 12.3. The molecule has 5 heteroatoms. The lowest BCUT2D eigenvalue weighted by atomic mass is 9.95. The second-order valence-corrected chi connectivity index (χ2v) is 5.49. The molecular weight excluding hydrogens is 252 g/mol. The van der Waals surface area contributed by atoms with Gasteiger partial charge in [0, 0.05) is 22.6 Å². The van der Waals surface area contributed by atoms with E-state index in [-0.39, 0.29) is 23.8 Å². The van der Waals surface area contributed by atoms with Crippen LogP contribution in [-0.2, 0) is 11.2 Å². The van der Waals surface area contributed by atoms with Crippen LogP contribution in [0.2, 0.25) is 0 Å². The number of carbonyl (C=O) groups is 1. The average Bonchev–Trinajstić information content (AvgIpc) is 2.39. The third-order valence-electron chi connectivity index (χ3n) is 2.98. The number of hydrogen-bond donors (Lipinski definition) is 1. The van der Waals surface area contributed by atoms with E-state index in [0.717, 1.165) is 5.56 Å². The maximum Gasteiger partial charge on any atom is 0.152 e. The largest absolute Gasteiger partial charge is 0.305 e. The Morgan fingerprint density at radius 3 is 2.30 bits per heavy atom. The van der Waals surface area contributed by atoms with Gasteiger partial charge in [-0.25, -0.2) is 0 Å². The van der Waals surface area contributed by atoms with Crippen molar-refractivity contribution in [2.75, 3.05) is 0 Å². The van der Waals surface area contributed by atoms with Gasteiger partial charge in [-0.1, -0.05) is 57.1 Å². The first kappa shape index (κ1) is 16.2. The molecule has 0 amide bonds. The number of carbonyl (C=O) groups excluding carboxylic acids is 1. The number of nitrogens with zero attached hydrogens (tertiary/aromatic N) is 3. The molecule has 0 fully saturated rings. The molecule has 1 atom stereocenters. The highest BCUT2D eigenvalue weighted by Gasteiger charge is 2.21. The van der Waals surface area contributed by atoms with Crippen molar-refractivity contribution in [2.24, 2.45) is 11.0 Å². The fraction of sp³-hybridized carbons (Fsp3) is 0.533. The van der Waals surface area contributed by atoms with Crippen molar-refractivity contribution in [3.05, 3.63) is 40.3 Å². The van der Waals surface area contributed by atoms with E-state index in [1.54, 1.807) is 12.1 Å². The smallest absolute Gasteiger partial charge is 0.152 e. The van der Waals surface area contributed by atoms with Gasteiger partial charge in [0.25, 0.3) is 0 Å². The van der Waals surface area contributed by atoms with Crippen molar-refractivity contribution in [1.29, 1.82) is 0 Å². The number of hydrogen-bond acceptors (Lipinski definition) is 3. The highest BCUT2D eigenvalue weighted by atomic mass is 16.1. The number of rotatable bonds is 7. The number of azide groups is 1. The lowest BCUT2D eigenvalue weighted by Crippen LogP contribution is -2.44. The summed E-state index contributed by atoms with van der Waals surface area (Å²) in [5.41, 5.74) is 10.0. The fourth-order valence-corrected chi connectivity index (χ4v) is 2.03. The summed E-state index contributed by atoms with van der Waals surface area (Å²) in [7, 11) is 0. The SMILES string of the molecule is CC(C)NC(Cc1ccc(N=[N+]=[N-])cc1)C(=O)C(C)C. The number of nitrogens with one attached hydrogen (secondary N) is 1. The minimum absolute atomic E-state index is 0.00807. The van der Waals surface area contributed by atoms with E-state index in [4.69, 9.17) is 5.53 Å². The van der Waals surface area contributed by atoms with Gasteiger partial charge in [0.15, 0.2) is 5.78 Å². The summed E-state index contributed by atoms with van der Waals surface area (Å²) in [5, 5.41) is 6.85. The first-order valence-electron chi connectivity index (χ1n) is 6.88. The third kappa shape index (κ3) is 5.03. The molecule has 0 spiro atoms. The van der Waals surface area contributed by atoms with Crippen LogP contribution in [0.1, 0.15) is 33.3 Å². The van der Waals surface area contributed by atoms with Crippen molar-refractivity contribution in [2.45, 2.75) is 46.2 Å².